The fourth-order valence-corrected chi connectivity index (χ4v) is 3.36. The van der Waals surface area contributed by atoms with E-state index in [1.165, 1.54) is 7.11 Å². The van der Waals surface area contributed by atoms with Crippen molar-refractivity contribution >= 4 is 29.5 Å². The summed E-state index contributed by atoms with van der Waals surface area (Å²) in [4.78, 5) is 10.9. The summed E-state index contributed by atoms with van der Waals surface area (Å²) in [5.74, 6) is 1.03. The summed E-state index contributed by atoms with van der Waals surface area (Å²) < 4.78 is 4.62. The first-order chi connectivity index (χ1) is 4.84. The Hall–Kier alpha value is 0.170. The Balaban J connectivity index is 2.31. The van der Waals surface area contributed by atoms with E-state index in [0.717, 1.165) is 17.3 Å². The minimum Gasteiger partial charge on any atom is -0.468 e. The van der Waals surface area contributed by atoms with Crippen LogP contribution in [0.1, 0.15) is 6.42 Å². The number of carbonyl (C=O) groups excluding carboxylic acids is 1. The third-order valence-electron chi connectivity index (χ3n) is 1.34. The highest BCUT2D eigenvalue weighted by Gasteiger charge is 2.21. The number of carbonyl (C=O) groups is 1. The maximum absolute atomic E-state index is 10.9. The zero-order valence-electron chi connectivity index (χ0n) is 5.83. The van der Waals surface area contributed by atoms with Gasteiger partial charge in [-0.05, 0) is 12.2 Å². The number of thioether (sulfide) groups is 2. The van der Waals surface area contributed by atoms with Crippen LogP contribution in [0.3, 0.4) is 0 Å². The molecule has 1 fully saturated rings. The third kappa shape index (κ3) is 2.09. The van der Waals surface area contributed by atoms with Crippen molar-refractivity contribution in [2.45, 2.75) is 11.7 Å². The smallest absolute Gasteiger partial charge is 0.318 e. The summed E-state index contributed by atoms with van der Waals surface area (Å²) in [5.41, 5.74) is 0. The molecular formula is C6H10O2S2. The lowest BCUT2D eigenvalue weighted by Crippen LogP contribution is -2.22. The summed E-state index contributed by atoms with van der Waals surface area (Å²) >= 11 is 3.57. The zero-order valence-corrected chi connectivity index (χ0v) is 7.46. The van der Waals surface area contributed by atoms with Crippen molar-refractivity contribution in [2.24, 2.45) is 0 Å². The van der Waals surface area contributed by atoms with E-state index in [1.807, 2.05) is 11.8 Å². The van der Waals surface area contributed by atoms with Crippen LogP contribution in [0.4, 0.5) is 0 Å². The predicted octanol–water partition coefficient (Wildman–Crippen LogP) is 1.36. The van der Waals surface area contributed by atoms with Crippen LogP contribution in [0, 0.1) is 0 Å². The van der Waals surface area contributed by atoms with Gasteiger partial charge < -0.3 is 4.74 Å². The molecule has 1 aliphatic heterocycles. The molecule has 10 heavy (non-hydrogen) atoms. The van der Waals surface area contributed by atoms with Crippen LogP contribution in [-0.2, 0) is 9.53 Å². The topological polar surface area (TPSA) is 26.3 Å². The number of rotatable bonds is 1. The first-order valence-corrected chi connectivity index (χ1v) is 5.32. The second kappa shape index (κ2) is 4.13. The van der Waals surface area contributed by atoms with Crippen LogP contribution >= 0.6 is 23.5 Å². The van der Waals surface area contributed by atoms with Gasteiger partial charge in [-0.25, -0.2) is 0 Å². The molecule has 1 heterocycles. The molecular weight excluding hydrogens is 168 g/mol. The van der Waals surface area contributed by atoms with Gasteiger partial charge in [0.25, 0.3) is 0 Å². The molecule has 0 N–H and O–H groups in total. The van der Waals surface area contributed by atoms with Crippen LogP contribution in [0.2, 0.25) is 0 Å². The Morgan fingerprint density at radius 1 is 1.70 bits per heavy atom. The van der Waals surface area contributed by atoms with Gasteiger partial charge in [0.1, 0.15) is 5.25 Å². The van der Waals surface area contributed by atoms with Crippen LogP contribution in [-0.4, -0.2) is 29.2 Å². The lowest BCUT2D eigenvalue weighted by atomic mass is 10.3. The fraction of sp³-hybridized carbons (Fsp3) is 0.833. The molecule has 0 aromatic rings. The largest absolute Gasteiger partial charge is 0.468 e. The summed E-state index contributed by atoms with van der Waals surface area (Å²) in [6, 6.07) is 0. The molecule has 0 aliphatic carbocycles. The molecule has 0 spiro atoms. The maximum atomic E-state index is 10.9. The molecule has 1 atom stereocenters. The Labute approximate surface area is 69.1 Å². The summed E-state index contributed by atoms with van der Waals surface area (Å²) in [6.45, 7) is 0. The van der Waals surface area contributed by atoms with E-state index in [1.54, 1.807) is 11.8 Å². The van der Waals surface area contributed by atoms with E-state index in [4.69, 9.17) is 0 Å². The van der Waals surface area contributed by atoms with Crippen LogP contribution in [0.5, 0.6) is 0 Å². The quantitative estimate of drug-likeness (QED) is 0.566. The van der Waals surface area contributed by atoms with Crippen LogP contribution in [0.25, 0.3) is 0 Å². The highest BCUT2D eigenvalue weighted by atomic mass is 32.2. The molecule has 4 heteroatoms. The van der Waals surface area contributed by atoms with E-state index in [2.05, 4.69) is 4.74 Å². The van der Waals surface area contributed by atoms with Crippen molar-refractivity contribution in [2.75, 3.05) is 17.9 Å². The predicted molar refractivity (Wildman–Crippen MR) is 45.3 cm³/mol. The van der Waals surface area contributed by atoms with Gasteiger partial charge in [0.05, 0.1) is 7.11 Å². The number of ether oxygens (including phenoxy) is 1. The number of hydrogen-bond donors (Lipinski definition) is 0. The van der Waals surface area contributed by atoms with Gasteiger partial charge in [-0.1, -0.05) is 0 Å². The molecule has 0 amide bonds. The Kier molecular flexibility index (Phi) is 3.42. The number of esters is 1. The molecule has 0 aromatic heterocycles. The molecule has 0 saturated carbocycles. The normalized spacial score (nSPS) is 25.9. The number of hydrogen-bond acceptors (Lipinski definition) is 4. The molecule has 1 unspecified atom stereocenters. The minimum atomic E-state index is -0.0645. The van der Waals surface area contributed by atoms with E-state index in [0.29, 0.717) is 0 Å². The first kappa shape index (κ1) is 8.27. The SMILES string of the molecule is COC(=O)C1CCSCS1. The van der Waals surface area contributed by atoms with Gasteiger partial charge in [0.2, 0.25) is 0 Å². The van der Waals surface area contributed by atoms with Crippen molar-refractivity contribution in [3.8, 4) is 0 Å². The Bertz CT molecular complexity index is 121. The van der Waals surface area contributed by atoms with Gasteiger partial charge in [0.15, 0.2) is 0 Å². The zero-order chi connectivity index (χ0) is 7.40. The van der Waals surface area contributed by atoms with Crippen molar-refractivity contribution in [1.82, 2.24) is 0 Å². The van der Waals surface area contributed by atoms with Gasteiger partial charge >= 0.3 is 5.97 Å². The molecule has 1 aliphatic rings. The molecule has 0 radical (unpaired) electrons. The van der Waals surface area contributed by atoms with Crippen molar-refractivity contribution in [1.29, 1.82) is 0 Å². The Morgan fingerprint density at radius 3 is 3.00 bits per heavy atom. The van der Waals surface area contributed by atoms with E-state index >= 15 is 0 Å². The van der Waals surface area contributed by atoms with Crippen LogP contribution < -0.4 is 0 Å². The molecule has 58 valence electrons. The highest BCUT2D eigenvalue weighted by molar-refractivity contribution is 8.17. The summed E-state index contributed by atoms with van der Waals surface area (Å²) in [6.07, 6.45) is 0.960. The Morgan fingerprint density at radius 2 is 2.50 bits per heavy atom. The van der Waals surface area contributed by atoms with Crippen molar-refractivity contribution < 1.29 is 9.53 Å². The van der Waals surface area contributed by atoms with Gasteiger partial charge in [-0.3, -0.25) is 4.79 Å². The van der Waals surface area contributed by atoms with E-state index in [-0.39, 0.29) is 11.2 Å². The van der Waals surface area contributed by atoms with Crippen molar-refractivity contribution in [3.05, 3.63) is 0 Å². The van der Waals surface area contributed by atoms with Crippen LogP contribution in [0.15, 0.2) is 0 Å². The van der Waals surface area contributed by atoms with Gasteiger partial charge in [-0.2, -0.15) is 11.8 Å². The standard InChI is InChI=1S/C6H10O2S2/c1-8-6(7)5-2-3-9-4-10-5/h5H,2-4H2,1H3. The maximum Gasteiger partial charge on any atom is 0.318 e. The highest BCUT2D eigenvalue weighted by Crippen LogP contribution is 2.28. The second-order valence-electron chi connectivity index (χ2n) is 1.99. The fourth-order valence-electron chi connectivity index (χ4n) is 0.780. The lowest BCUT2D eigenvalue weighted by Gasteiger charge is -2.17. The molecule has 2 nitrogen and oxygen atoms in total. The van der Waals surface area contributed by atoms with E-state index in [9.17, 15) is 4.79 Å². The second-order valence-corrected chi connectivity index (χ2v) is 4.65. The van der Waals surface area contributed by atoms with E-state index < -0.39 is 0 Å². The summed E-state index contributed by atoms with van der Waals surface area (Å²) in [5, 5.41) is 1.13. The molecule has 1 rings (SSSR count). The average molecular weight is 178 g/mol. The van der Waals surface area contributed by atoms with Crippen molar-refractivity contribution in [3.63, 3.8) is 0 Å². The minimum absolute atomic E-state index is 0.0645. The first-order valence-electron chi connectivity index (χ1n) is 3.12. The molecule has 0 bridgehead atoms. The third-order valence-corrected chi connectivity index (χ3v) is 3.91. The van der Waals surface area contributed by atoms with Gasteiger partial charge in [0, 0.05) is 5.08 Å². The average Bonchev–Trinajstić information content (AvgIpc) is 2.05. The lowest BCUT2D eigenvalue weighted by molar-refractivity contribution is -0.139. The summed E-state index contributed by atoms with van der Waals surface area (Å²) in [7, 11) is 1.45. The monoisotopic (exact) mass is 178 g/mol. The molecule has 1 saturated heterocycles. The molecule has 0 aromatic carbocycles. The number of methoxy groups -OCH3 is 1. The van der Waals surface area contributed by atoms with Gasteiger partial charge in [-0.15, -0.1) is 11.8 Å².